The molecule has 54 valence electrons. The molecule has 0 saturated heterocycles. The number of aliphatic imine (C=N–C) groups is 1. The van der Waals surface area contributed by atoms with Crippen LogP contribution in [0.1, 0.15) is 0 Å². The van der Waals surface area contributed by atoms with Crippen LogP contribution in [-0.4, -0.2) is 16.3 Å². The normalized spacial score (nSPS) is 12.1. The van der Waals surface area contributed by atoms with E-state index in [4.69, 9.17) is 5.73 Å². The summed E-state index contributed by atoms with van der Waals surface area (Å²) in [4.78, 5) is 10.3. The molecule has 2 rings (SSSR count). The molecule has 1 aliphatic heterocycles. The van der Waals surface area contributed by atoms with Gasteiger partial charge in [-0.2, -0.15) is 14.7 Å². The fourth-order valence-corrected chi connectivity index (χ4v) is 0.778. The van der Waals surface area contributed by atoms with Gasteiger partial charge in [0.05, 0.1) is 0 Å². The Bertz CT molecular complexity index is 334. The zero-order chi connectivity index (χ0) is 7.84. The minimum absolute atomic E-state index is 0.0185. The molecule has 1 aromatic rings. The second kappa shape index (κ2) is 1.83. The van der Waals surface area contributed by atoms with Crippen molar-refractivity contribution in [3.63, 3.8) is 0 Å². The monoisotopic (exact) mass is 152 g/mol. The number of nitrogens with zero attached hydrogens (tertiary/aromatic N) is 3. The molecule has 0 aliphatic carbocycles. The number of hydrogen-bond acceptors (Lipinski definition) is 5. The number of halogens is 1. The highest BCUT2D eigenvalue weighted by molar-refractivity contribution is 5.92. The molecule has 11 heavy (non-hydrogen) atoms. The van der Waals surface area contributed by atoms with Crippen LogP contribution in [-0.2, 0) is 0 Å². The van der Waals surface area contributed by atoms with Crippen LogP contribution in [0.15, 0.2) is 4.99 Å². The lowest BCUT2D eigenvalue weighted by atomic mass is 10.4. The van der Waals surface area contributed by atoms with Gasteiger partial charge in [0, 0.05) is 0 Å². The SMILES string of the molecule is Nc1nc(F)nc2c1N=[C+]N2. The maximum absolute atomic E-state index is 12.4. The van der Waals surface area contributed by atoms with Gasteiger partial charge in [-0.05, 0) is 4.99 Å². The minimum Gasteiger partial charge on any atom is -0.369 e. The Morgan fingerprint density at radius 1 is 1.45 bits per heavy atom. The molecule has 0 unspecified atom stereocenters. The third kappa shape index (κ3) is 0.770. The highest BCUT2D eigenvalue weighted by atomic mass is 19.1. The second-order valence-corrected chi connectivity index (χ2v) is 1.92. The first-order valence-corrected chi connectivity index (χ1v) is 2.82. The van der Waals surface area contributed by atoms with Crippen molar-refractivity contribution in [2.75, 3.05) is 11.1 Å². The van der Waals surface area contributed by atoms with Crippen molar-refractivity contribution in [2.45, 2.75) is 0 Å². The largest absolute Gasteiger partial charge is 0.369 e. The Balaban J connectivity index is 2.67. The average Bonchev–Trinajstić information content (AvgIpc) is 2.34. The number of aromatic nitrogens is 2. The number of hydrogen-bond donors (Lipinski definition) is 2. The number of nitrogen functional groups attached to an aromatic ring is 1. The van der Waals surface area contributed by atoms with Crippen LogP contribution in [0.3, 0.4) is 0 Å². The zero-order valence-corrected chi connectivity index (χ0v) is 5.30. The highest BCUT2D eigenvalue weighted by Crippen LogP contribution is 2.30. The maximum atomic E-state index is 12.4. The fourth-order valence-electron chi connectivity index (χ4n) is 0.778. The Hall–Kier alpha value is -1.81. The minimum atomic E-state index is -0.868. The van der Waals surface area contributed by atoms with E-state index in [1.807, 2.05) is 0 Å². The molecule has 0 bridgehead atoms. The Labute approximate surface area is 61.2 Å². The number of rotatable bonds is 0. The summed E-state index contributed by atoms with van der Waals surface area (Å²) < 4.78 is 12.4. The lowest BCUT2D eigenvalue weighted by molar-refractivity contribution is 0.543. The Kier molecular flexibility index (Phi) is 0.990. The molecule has 0 radical (unpaired) electrons. The van der Waals surface area contributed by atoms with E-state index in [1.165, 1.54) is 0 Å². The number of fused-ring (bicyclic) bond motifs is 1. The van der Waals surface area contributed by atoms with Gasteiger partial charge in [-0.1, -0.05) is 4.98 Å². The predicted octanol–water partition coefficient (Wildman–Crippen LogP) is 0.160. The van der Waals surface area contributed by atoms with E-state index in [-0.39, 0.29) is 11.6 Å². The topological polar surface area (TPSA) is 76.2 Å². The van der Waals surface area contributed by atoms with Crippen molar-refractivity contribution in [3.8, 4) is 0 Å². The van der Waals surface area contributed by atoms with Gasteiger partial charge in [0.25, 0.3) is 6.34 Å². The molecule has 3 N–H and O–H groups in total. The van der Waals surface area contributed by atoms with Crippen LogP contribution in [0.5, 0.6) is 0 Å². The first kappa shape index (κ1) is 5.94. The highest BCUT2D eigenvalue weighted by Gasteiger charge is 2.26. The summed E-state index contributed by atoms with van der Waals surface area (Å²) in [6.45, 7) is 0. The summed E-state index contributed by atoms with van der Waals surface area (Å²) >= 11 is 0. The smallest absolute Gasteiger partial charge is 0.328 e. The summed E-state index contributed by atoms with van der Waals surface area (Å²) in [6, 6.07) is 0. The summed E-state index contributed by atoms with van der Waals surface area (Å²) in [5.41, 5.74) is 5.65. The molecule has 0 saturated carbocycles. The van der Waals surface area contributed by atoms with Gasteiger partial charge in [-0.25, -0.2) is 0 Å². The van der Waals surface area contributed by atoms with Crippen molar-refractivity contribution < 1.29 is 4.39 Å². The standard InChI is InChI=1S/C5H3FN5/c6-5-10-3(7)2-4(11-5)9-1-8-2/h(H3,7,8,9,10,11)/q+1. The van der Waals surface area contributed by atoms with Gasteiger partial charge in [-0.15, -0.1) is 0 Å². The van der Waals surface area contributed by atoms with Crippen molar-refractivity contribution >= 4 is 23.7 Å². The molecule has 0 atom stereocenters. The molecule has 0 fully saturated rings. The zero-order valence-electron chi connectivity index (χ0n) is 5.30. The molecule has 1 aromatic heterocycles. The molecule has 2 heterocycles. The molecule has 1 aliphatic rings. The predicted molar refractivity (Wildman–Crippen MR) is 37.1 cm³/mol. The van der Waals surface area contributed by atoms with Crippen LogP contribution in [0, 0.1) is 6.08 Å². The van der Waals surface area contributed by atoms with E-state index in [0.717, 1.165) is 0 Å². The van der Waals surface area contributed by atoms with Gasteiger partial charge in [0.15, 0.2) is 0 Å². The molecule has 5 nitrogen and oxygen atoms in total. The molecule has 6 heteroatoms. The van der Waals surface area contributed by atoms with Crippen LogP contribution >= 0.6 is 0 Å². The van der Waals surface area contributed by atoms with E-state index in [2.05, 4.69) is 26.6 Å². The third-order valence-electron chi connectivity index (χ3n) is 1.23. The summed E-state index contributed by atoms with van der Waals surface area (Å²) in [5, 5.41) is 2.49. The lowest BCUT2D eigenvalue weighted by Gasteiger charge is -1.88. The molecular weight excluding hydrogens is 149 g/mol. The Morgan fingerprint density at radius 2 is 2.27 bits per heavy atom. The van der Waals surface area contributed by atoms with Crippen LogP contribution in [0.25, 0.3) is 0 Å². The van der Waals surface area contributed by atoms with Crippen molar-refractivity contribution in [1.29, 1.82) is 0 Å². The van der Waals surface area contributed by atoms with Crippen molar-refractivity contribution in [3.05, 3.63) is 6.08 Å². The molecule has 0 spiro atoms. The summed E-state index contributed by atoms with van der Waals surface area (Å²) in [7, 11) is 0. The quantitative estimate of drug-likeness (QED) is 0.410. The van der Waals surface area contributed by atoms with E-state index in [0.29, 0.717) is 5.69 Å². The molecule has 0 aromatic carbocycles. The van der Waals surface area contributed by atoms with Crippen LogP contribution in [0.2, 0.25) is 0 Å². The number of nitrogens with two attached hydrogens (primary N) is 1. The van der Waals surface area contributed by atoms with E-state index in [1.54, 1.807) is 0 Å². The maximum Gasteiger partial charge on any atom is 0.328 e. The van der Waals surface area contributed by atoms with Crippen LogP contribution in [0.4, 0.5) is 21.7 Å². The third-order valence-corrected chi connectivity index (χ3v) is 1.23. The van der Waals surface area contributed by atoms with Gasteiger partial charge >= 0.3 is 17.6 Å². The number of nitrogens with one attached hydrogen (secondary N) is 1. The first-order valence-electron chi connectivity index (χ1n) is 2.82. The summed E-state index contributed by atoms with van der Waals surface area (Å²) in [5.74, 6) is 0.278. The van der Waals surface area contributed by atoms with Crippen LogP contribution < -0.4 is 11.1 Å². The second-order valence-electron chi connectivity index (χ2n) is 1.92. The lowest BCUT2D eigenvalue weighted by Crippen LogP contribution is -1.99. The summed E-state index contributed by atoms with van der Waals surface area (Å²) in [6.07, 6.45) is 1.51. The van der Waals surface area contributed by atoms with Gasteiger partial charge in [0.2, 0.25) is 5.82 Å². The van der Waals surface area contributed by atoms with Gasteiger partial charge < -0.3 is 5.73 Å². The van der Waals surface area contributed by atoms with Crippen molar-refractivity contribution in [2.24, 2.45) is 4.99 Å². The van der Waals surface area contributed by atoms with E-state index >= 15 is 0 Å². The molecular formula is C5H3FN5+. The van der Waals surface area contributed by atoms with Gasteiger partial charge in [-0.3, -0.25) is 0 Å². The average molecular weight is 152 g/mol. The molecule has 0 amide bonds. The fraction of sp³-hybridized carbons (Fsp3) is 0. The first-order chi connectivity index (χ1) is 5.27. The number of anilines is 2. The van der Waals surface area contributed by atoms with Gasteiger partial charge in [0.1, 0.15) is 0 Å². The Morgan fingerprint density at radius 3 is 3.09 bits per heavy atom. The van der Waals surface area contributed by atoms with E-state index < -0.39 is 6.08 Å². The van der Waals surface area contributed by atoms with E-state index in [9.17, 15) is 4.39 Å². The van der Waals surface area contributed by atoms with Crippen molar-refractivity contribution in [1.82, 2.24) is 9.97 Å².